The number of fused-ring (bicyclic) bond motifs is 1. The van der Waals surface area contributed by atoms with Crippen molar-refractivity contribution in [3.63, 3.8) is 0 Å². The Kier molecular flexibility index (Phi) is 4.15. The van der Waals surface area contributed by atoms with Crippen LogP contribution in [0, 0.1) is 0 Å². The normalized spacial score (nSPS) is 12.6. The summed E-state index contributed by atoms with van der Waals surface area (Å²) < 4.78 is 5.69. The summed E-state index contributed by atoms with van der Waals surface area (Å²) >= 11 is 0. The van der Waals surface area contributed by atoms with Crippen LogP contribution in [-0.2, 0) is 0 Å². The second-order valence-corrected chi connectivity index (χ2v) is 4.33. The first-order chi connectivity index (χ1) is 8.77. The summed E-state index contributed by atoms with van der Waals surface area (Å²) in [7, 11) is 0. The number of nitrogens with zero attached hydrogens (tertiary/aromatic N) is 1. The Morgan fingerprint density at radius 3 is 2.83 bits per heavy atom. The lowest BCUT2D eigenvalue weighted by Gasteiger charge is -2.14. The molecule has 1 unspecified atom stereocenters. The van der Waals surface area contributed by atoms with E-state index >= 15 is 0 Å². The fraction of sp³-hybridized carbons (Fsp3) is 0.400. The van der Waals surface area contributed by atoms with Gasteiger partial charge in [0.25, 0.3) is 0 Å². The first kappa shape index (κ1) is 12.8. The average molecular weight is 245 g/mol. The van der Waals surface area contributed by atoms with E-state index in [2.05, 4.69) is 11.9 Å². The number of ether oxygens (including phenoxy) is 1. The van der Waals surface area contributed by atoms with Gasteiger partial charge < -0.3 is 9.84 Å². The SMILES string of the molecule is CCCOc1ccc(C(O)CC)c2cccnc12. The molecular weight excluding hydrogens is 226 g/mol. The van der Waals surface area contributed by atoms with Crippen LogP contribution in [0.4, 0.5) is 0 Å². The highest BCUT2D eigenvalue weighted by molar-refractivity contribution is 5.87. The number of aromatic nitrogens is 1. The maximum atomic E-state index is 10.0. The standard InChI is InChI=1S/C15H19NO2/c1-3-10-18-14-8-7-11(13(17)4-2)12-6-5-9-16-15(12)14/h5-9,13,17H,3-4,10H2,1-2H3. The van der Waals surface area contributed by atoms with Crippen molar-refractivity contribution in [1.29, 1.82) is 0 Å². The Labute approximate surface area is 107 Å². The molecule has 0 radical (unpaired) electrons. The molecule has 18 heavy (non-hydrogen) atoms. The quantitative estimate of drug-likeness (QED) is 0.877. The summed E-state index contributed by atoms with van der Waals surface area (Å²) in [5.41, 5.74) is 1.75. The number of rotatable bonds is 5. The molecule has 0 aliphatic carbocycles. The zero-order valence-corrected chi connectivity index (χ0v) is 10.9. The van der Waals surface area contributed by atoms with E-state index in [1.54, 1.807) is 6.20 Å². The molecule has 0 bridgehead atoms. The average Bonchev–Trinajstić information content (AvgIpc) is 2.43. The summed E-state index contributed by atoms with van der Waals surface area (Å²) in [5, 5.41) is 11.0. The monoisotopic (exact) mass is 245 g/mol. The fourth-order valence-electron chi connectivity index (χ4n) is 2.01. The summed E-state index contributed by atoms with van der Waals surface area (Å²) in [6.45, 7) is 4.72. The zero-order valence-electron chi connectivity index (χ0n) is 10.9. The molecule has 0 saturated heterocycles. The Balaban J connectivity index is 2.51. The minimum absolute atomic E-state index is 0.447. The molecule has 0 aliphatic rings. The lowest BCUT2D eigenvalue weighted by molar-refractivity contribution is 0.175. The van der Waals surface area contributed by atoms with Crippen LogP contribution in [0.1, 0.15) is 38.4 Å². The highest BCUT2D eigenvalue weighted by Gasteiger charge is 2.12. The van der Waals surface area contributed by atoms with E-state index in [1.807, 2.05) is 31.2 Å². The summed E-state index contributed by atoms with van der Waals surface area (Å²) in [5.74, 6) is 0.791. The number of aliphatic hydroxyl groups is 1. The lowest BCUT2D eigenvalue weighted by Crippen LogP contribution is -2.01. The van der Waals surface area contributed by atoms with Crippen molar-refractivity contribution in [2.24, 2.45) is 0 Å². The topological polar surface area (TPSA) is 42.4 Å². The molecule has 1 N–H and O–H groups in total. The van der Waals surface area contributed by atoms with Crippen molar-refractivity contribution < 1.29 is 9.84 Å². The molecule has 1 atom stereocenters. The van der Waals surface area contributed by atoms with E-state index in [-0.39, 0.29) is 0 Å². The highest BCUT2D eigenvalue weighted by Crippen LogP contribution is 2.31. The number of pyridine rings is 1. The van der Waals surface area contributed by atoms with E-state index in [9.17, 15) is 5.11 Å². The Hall–Kier alpha value is -1.61. The van der Waals surface area contributed by atoms with Crippen molar-refractivity contribution in [2.45, 2.75) is 32.8 Å². The van der Waals surface area contributed by atoms with Crippen molar-refractivity contribution in [2.75, 3.05) is 6.61 Å². The van der Waals surface area contributed by atoms with Crippen molar-refractivity contribution in [3.8, 4) is 5.75 Å². The van der Waals surface area contributed by atoms with E-state index in [1.165, 1.54) is 0 Å². The van der Waals surface area contributed by atoms with E-state index < -0.39 is 6.10 Å². The molecule has 1 heterocycles. The van der Waals surface area contributed by atoms with E-state index in [0.29, 0.717) is 13.0 Å². The smallest absolute Gasteiger partial charge is 0.145 e. The molecule has 1 aromatic carbocycles. The predicted octanol–water partition coefficient (Wildman–Crippen LogP) is 3.47. The molecule has 2 rings (SSSR count). The van der Waals surface area contributed by atoms with Crippen LogP contribution in [0.25, 0.3) is 10.9 Å². The van der Waals surface area contributed by atoms with Gasteiger partial charge in [-0.2, -0.15) is 0 Å². The molecule has 2 aromatic rings. The molecule has 0 aliphatic heterocycles. The van der Waals surface area contributed by atoms with Gasteiger partial charge in [-0.15, -0.1) is 0 Å². The van der Waals surface area contributed by atoms with Crippen LogP contribution in [0.15, 0.2) is 30.5 Å². The molecule has 0 fully saturated rings. The molecule has 96 valence electrons. The molecule has 0 spiro atoms. The van der Waals surface area contributed by atoms with Crippen molar-refractivity contribution in [3.05, 3.63) is 36.0 Å². The highest BCUT2D eigenvalue weighted by atomic mass is 16.5. The van der Waals surface area contributed by atoms with Crippen LogP contribution in [0.3, 0.4) is 0 Å². The van der Waals surface area contributed by atoms with Crippen molar-refractivity contribution >= 4 is 10.9 Å². The number of benzene rings is 1. The molecule has 3 nitrogen and oxygen atoms in total. The number of hydrogen-bond acceptors (Lipinski definition) is 3. The second-order valence-electron chi connectivity index (χ2n) is 4.33. The third kappa shape index (κ3) is 2.46. The Morgan fingerprint density at radius 2 is 2.11 bits per heavy atom. The first-order valence-electron chi connectivity index (χ1n) is 6.46. The molecule has 3 heteroatoms. The van der Waals surface area contributed by atoms with Gasteiger partial charge in [-0.3, -0.25) is 4.98 Å². The predicted molar refractivity (Wildman–Crippen MR) is 72.8 cm³/mol. The molecular formula is C15H19NO2. The first-order valence-corrected chi connectivity index (χ1v) is 6.46. The number of hydrogen-bond donors (Lipinski definition) is 1. The van der Waals surface area contributed by atoms with Crippen LogP contribution in [-0.4, -0.2) is 16.7 Å². The fourth-order valence-corrected chi connectivity index (χ4v) is 2.01. The van der Waals surface area contributed by atoms with Gasteiger partial charge >= 0.3 is 0 Å². The summed E-state index contributed by atoms with van der Waals surface area (Å²) in [4.78, 5) is 4.38. The van der Waals surface area contributed by atoms with Crippen LogP contribution in [0.2, 0.25) is 0 Å². The maximum Gasteiger partial charge on any atom is 0.145 e. The minimum Gasteiger partial charge on any atom is -0.491 e. The van der Waals surface area contributed by atoms with Gasteiger partial charge in [-0.05, 0) is 30.5 Å². The Morgan fingerprint density at radius 1 is 1.28 bits per heavy atom. The third-order valence-corrected chi connectivity index (χ3v) is 2.97. The molecule has 0 amide bonds. The van der Waals surface area contributed by atoms with Gasteiger partial charge in [0.15, 0.2) is 0 Å². The van der Waals surface area contributed by atoms with Crippen LogP contribution in [0.5, 0.6) is 5.75 Å². The van der Waals surface area contributed by atoms with E-state index in [0.717, 1.165) is 28.6 Å². The van der Waals surface area contributed by atoms with Crippen LogP contribution < -0.4 is 4.74 Å². The summed E-state index contributed by atoms with van der Waals surface area (Å²) in [6.07, 6.45) is 2.97. The zero-order chi connectivity index (χ0) is 13.0. The van der Waals surface area contributed by atoms with Gasteiger partial charge in [0.05, 0.1) is 12.7 Å². The van der Waals surface area contributed by atoms with Crippen molar-refractivity contribution in [1.82, 2.24) is 4.98 Å². The number of aliphatic hydroxyl groups excluding tert-OH is 1. The van der Waals surface area contributed by atoms with E-state index in [4.69, 9.17) is 4.74 Å². The van der Waals surface area contributed by atoms with Gasteiger partial charge in [-0.25, -0.2) is 0 Å². The van der Waals surface area contributed by atoms with Gasteiger partial charge in [0.1, 0.15) is 11.3 Å². The minimum atomic E-state index is -0.447. The Bertz CT molecular complexity index is 525. The lowest BCUT2D eigenvalue weighted by atomic mass is 10.0. The molecule has 1 aromatic heterocycles. The molecule has 0 saturated carbocycles. The largest absolute Gasteiger partial charge is 0.491 e. The third-order valence-electron chi connectivity index (χ3n) is 2.97. The van der Waals surface area contributed by atoms with Gasteiger partial charge in [0.2, 0.25) is 0 Å². The summed E-state index contributed by atoms with van der Waals surface area (Å²) in [6, 6.07) is 7.70. The second kappa shape index (κ2) is 5.83. The van der Waals surface area contributed by atoms with Gasteiger partial charge in [-0.1, -0.05) is 26.0 Å². The maximum absolute atomic E-state index is 10.0. The van der Waals surface area contributed by atoms with Crippen LogP contribution >= 0.6 is 0 Å². The van der Waals surface area contributed by atoms with Gasteiger partial charge in [0, 0.05) is 11.6 Å².